The van der Waals surface area contributed by atoms with Gasteiger partial charge in [0.25, 0.3) is 0 Å². The van der Waals surface area contributed by atoms with Gasteiger partial charge in [0.05, 0.1) is 0 Å². The molecule has 0 saturated heterocycles. The zero-order valence-electron chi connectivity index (χ0n) is 9.48. The molecule has 0 radical (unpaired) electrons. The van der Waals surface area contributed by atoms with Crippen molar-refractivity contribution >= 4 is 0 Å². The van der Waals surface area contributed by atoms with Gasteiger partial charge in [-0.1, -0.05) is 18.2 Å². The van der Waals surface area contributed by atoms with Crippen LogP contribution < -0.4 is 4.74 Å². The van der Waals surface area contributed by atoms with Crippen LogP contribution in [0.15, 0.2) is 42.5 Å². The molecule has 2 nitrogen and oxygen atoms in total. The van der Waals surface area contributed by atoms with Gasteiger partial charge in [-0.15, -0.1) is 0 Å². The van der Waals surface area contributed by atoms with Crippen molar-refractivity contribution in [3.05, 3.63) is 59.4 Å². The summed E-state index contributed by atoms with van der Waals surface area (Å²) in [5, 5.41) is 9.29. The molecule has 0 saturated carbocycles. The normalized spacial score (nSPS) is 10.2. The maximum atomic E-state index is 13.0. The standard InChI is InChI=1S/C14H13FO2/c1-10-5-6-12(15)8-14(10)17-9-11-3-2-4-13(16)7-11/h2-8,16H,9H2,1H3. The second kappa shape index (κ2) is 4.87. The molecule has 1 N–H and O–H groups in total. The first-order valence-corrected chi connectivity index (χ1v) is 5.32. The van der Waals surface area contributed by atoms with E-state index in [1.54, 1.807) is 24.3 Å². The van der Waals surface area contributed by atoms with Crippen LogP contribution in [0.25, 0.3) is 0 Å². The summed E-state index contributed by atoms with van der Waals surface area (Å²) in [6.45, 7) is 2.16. The molecule has 0 aliphatic rings. The van der Waals surface area contributed by atoms with Crippen LogP contribution in [0.5, 0.6) is 11.5 Å². The number of aryl methyl sites for hydroxylation is 1. The Balaban J connectivity index is 2.09. The molecule has 0 heterocycles. The largest absolute Gasteiger partial charge is 0.508 e. The zero-order valence-corrected chi connectivity index (χ0v) is 9.48. The minimum atomic E-state index is -0.318. The van der Waals surface area contributed by atoms with E-state index >= 15 is 0 Å². The average Bonchev–Trinajstić information content (AvgIpc) is 2.30. The molecule has 17 heavy (non-hydrogen) atoms. The van der Waals surface area contributed by atoms with Crippen LogP contribution in [0.1, 0.15) is 11.1 Å². The Morgan fingerprint density at radius 2 is 2.00 bits per heavy atom. The molecule has 88 valence electrons. The summed E-state index contributed by atoms with van der Waals surface area (Å²) < 4.78 is 18.5. The van der Waals surface area contributed by atoms with Crippen LogP contribution in [-0.2, 0) is 6.61 Å². The molecule has 0 aromatic heterocycles. The van der Waals surface area contributed by atoms with Crippen molar-refractivity contribution in [3.8, 4) is 11.5 Å². The number of hydrogen-bond donors (Lipinski definition) is 1. The number of hydrogen-bond acceptors (Lipinski definition) is 2. The van der Waals surface area contributed by atoms with E-state index in [1.165, 1.54) is 12.1 Å². The number of rotatable bonds is 3. The molecule has 0 aliphatic carbocycles. The summed E-state index contributed by atoms with van der Waals surface area (Å²) in [6, 6.07) is 11.2. The molecule has 0 atom stereocenters. The van der Waals surface area contributed by atoms with Gasteiger partial charge in [0, 0.05) is 6.07 Å². The molecule has 0 fully saturated rings. The van der Waals surface area contributed by atoms with Crippen molar-refractivity contribution in [1.82, 2.24) is 0 Å². The van der Waals surface area contributed by atoms with E-state index in [0.717, 1.165) is 11.1 Å². The lowest BCUT2D eigenvalue weighted by Gasteiger charge is -2.09. The van der Waals surface area contributed by atoms with Crippen LogP contribution >= 0.6 is 0 Å². The van der Waals surface area contributed by atoms with E-state index in [9.17, 15) is 9.50 Å². The Kier molecular flexibility index (Phi) is 3.28. The Hall–Kier alpha value is -2.03. The number of phenols is 1. The van der Waals surface area contributed by atoms with Gasteiger partial charge in [-0.2, -0.15) is 0 Å². The fraction of sp³-hybridized carbons (Fsp3) is 0.143. The number of ether oxygens (including phenoxy) is 1. The smallest absolute Gasteiger partial charge is 0.126 e. The monoisotopic (exact) mass is 232 g/mol. The quantitative estimate of drug-likeness (QED) is 0.878. The van der Waals surface area contributed by atoms with E-state index in [2.05, 4.69) is 0 Å². The SMILES string of the molecule is Cc1ccc(F)cc1OCc1cccc(O)c1. The third kappa shape index (κ3) is 2.97. The van der Waals surface area contributed by atoms with Crippen molar-refractivity contribution in [2.24, 2.45) is 0 Å². The molecular formula is C14H13FO2. The first kappa shape index (κ1) is 11.5. The summed E-state index contributed by atoms with van der Waals surface area (Å²) in [5.41, 5.74) is 1.72. The minimum absolute atomic E-state index is 0.196. The maximum absolute atomic E-state index is 13.0. The van der Waals surface area contributed by atoms with Crippen molar-refractivity contribution in [2.45, 2.75) is 13.5 Å². The van der Waals surface area contributed by atoms with E-state index in [0.29, 0.717) is 12.4 Å². The van der Waals surface area contributed by atoms with E-state index in [4.69, 9.17) is 4.74 Å². The van der Waals surface area contributed by atoms with Crippen LogP contribution in [0.4, 0.5) is 4.39 Å². The third-order valence-corrected chi connectivity index (χ3v) is 2.46. The summed E-state index contributed by atoms with van der Waals surface area (Å²) in [7, 11) is 0. The van der Waals surface area contributed by atoms with Gasteiger partial charge in [-0.3, -0.25) is 0 Å². The highest BCUT2D eigenvalue weighted by molar-refractivity contribution is 5.33. The molecule has 2 aromatic carbocycles. The van der Waals surface area contributed by atoms with Crippen LogP contribution in [0.2, 0.25) is 0 Å². The Morgan fingerprint density at radius 1 is 1.18 bits per heavy atom. The second-order valence-electron chi connectivity index (χ2n) is 3.87. The van der Waals surface area contributed by atoms with Crippen LogP contribution in [-0.4, -0.2) is 5.11 Å². The number of benzene rings is 2. The summed E-state index contributed by atoms with van der Waals surface area (Å²) in [4.78, 5) is 0. The van der Waals surface area contributed by atoms with Crippen molar-refractivity contribution in [3.63, 3.8) is 0 Å². The molecule has 2 rings (SSSR count). The highest BCUT2D eigenvalue weighted by atomic mass is 19.1. The predicted molar refractivity (Wildman–Crippen MR) is 63.6 cm³/mol. The van der Waals surface area contributed by atoms with Crippen molar-refractivity contribution in [1.29, 1.82) is 0 Å². The Bertz CT molecular complexity index is 523. The van der Waals surface area contributed by atoms with Gasteiger partial charge in [0.1, 0.15) is 23.9 Å². The average molecular weight is 232 g/mol. The first-order chi connectivity index (χ1) is 8.15. The van der Waals surface area contributed by atoms with Gasteiger partial charge in [0.2, 0.25) is 0 Å². The molecular weight excluding hydrogens is 219 g/mol. The maximum Gasteiger partial charge on any atom is 0.126 e. The van der Waals surface area contributed by atoms with Crippen molar-refractivity contribution < 1.29 is 14.2 Å². The number of halogens is 1. The predicted octanol–water partition coefficient (Wildman–Crippen LogP) is 3.42. The summed E-state index contributed by atoms with van der Waals surface area (Å²) >= 11 is 0. The molecule has 2 aromatic rings. The lowest BCUT2D eigenvalue weighted by Crippen LogP contribution is -1.97. The molecule has 3 heteroatoms. The van der Waals surface area contributed by atoms with E-state index in [-0.39, 0.29) is 11.6 Å². The lowest BCUT2D eigenvalue weighted by atomic mass is 10.2. The first-order valence-electron chi connectivity index (χ1n) is 5.32. The second-order valence-corrected chi connectivity index (χ2v) is 3.87. The van der Waals surface area contributed by atoms with E-state index < -0.39 is 0 Å². The fourth-order valence-corrected chi connectivity index (χ4v) is 1.54. The molecule has 0 spiro atoms. The Morgan fingerprint density at radius 3 is 2.76 bits per heavy atom. The van der Waals surface area contributed by atoms with E-state index in [1.807, 2.05) is 13.0 Å². The zero-order chi connectivity index (χ0) is 12.3. The topological polar surface area (TPSA) is 29.5 Å². The molecule has 0 aliphatic heterocycles. The Labute approximate surface area is 99.3 Å². The summed E-state index contributed by atoms with van der Waals surface area (Å²) in [5.74, 6) is 0.400. The highest BCUT2D eigenvalue weighted by Gasteiger charge is 2.02. The van der Waals surface area contributed by atoms with Crippen LogP contribution in [0.3, 0.4) is 0 Å². The fourth-order valence-electron chi connectivity index (χ4n) is 1.54. The van der Waals surface area contributed by atoms with Crippen molar-refractivity contribution in [2.75, 3.05) is 0 Å². The van der Waals surface area contributed by atoms with Gasteiger partial charge < -0.3 is 9.84 Å². The van der Waals surface area contributed by atoms with Gasteiger partial charge in [0.15, 0.2) is 0 Å². The lowest BCUT2D eigenvalue weighted by molar-refractivity contribution is 0.301. The summed E-state index contributed by atoms with van der Waals surface area (Å²) in [6.07, 6.45) is 0. The third-order valence-electron chi connectivity index (χ3n) is 2.46. The van der Waals surface area contributed by atoms with Crippen LogP contribution in [0, 0.1) is 12.7 Å². The molecule has 0 amide bonds. The van der Waals surface area contributed by atoms with Gasteiger partial charge >= 0.3 is 0 Å². The van der Waals surface area contributed by atoms with Gasteiger partial charge in [-0.05, 0) is 36.2 Å². The highest BCUT2D eigenvalue weighted by Crippen LogP contribution is 2.20. The molecule has 0 bridgehead atoms. The number of phenolic OH excluding ortho intramolecular Hbond substituents is 1. The number of aromatic hydroxyl groups is 1. The minimum Gasteiger partial charge on any atom is -0.508 e. The molecule has 0 unspecified atom stereocenters. The van der Waals surface area contributed by atoms with Gasteiger partial charge in [-0.25, -0.2) is 4.39 Å².